The molecule has 5 heteroatoms. The van der Waals surface area contributed by atoms with Gasteiger partial charge >= 0.3 is 0 Å². The van der Waals surface area contributed by atoms with Crippen LogP contribution in [0.15, 0.2) is 24.7 Å². The first-order valence-corrected chi connectivity index (χ1v) is 6.32. The fourth-order valence-electron chi connectivity index (χ4n) is 2.61. The number of nitrogens with zero attached hydrogens (tertiary/aromatic N) is 4. The maximum absolute atomic E-state index is 6.00. The Morgan fingerprint density at radius 3 is 2.89 bits per heavy atom. The molecule has 0 aromatic carbocycles. The van der Waals surface area contributed by atoms with Crippen LogP contribution >= 0.6 is 0 Å². The van der Waals surface area contributed by atoms with Crippen molar-refractivity contribution in [1.29, 1.82) is 0 Å². The molecule has 0 radical (unpaired) electrons. The summed E-state index contributed by atoms with van der Waals surface area (Å²) in [5, 5.41) is 4.53. The van der Waals surface area contributed by atoms with Gasteiger partial charge in [0.2, 0.25) is 0 Å². The van der Waals surface area contributed by atoms with Crippen LogP contribution in [0.4, 0.5) is 5.82 Å². The second-order valence-corrected chi connectivity index (χ2v) is 5.17. The lowest BCUT2D eigenvalue weighted by Gasteiger charge is -2.32. The maximum Gasteiger partial charge on any atom is 0.122 e. The van der Waals surface area contributed by atoms with E-state index in [0.717, 1.165) is 29.8 Å². The summed E-state index contributed by atoms with van der Waals surface area (Å²) in [6.45, 7) is 3.20. The quantitative estimate of drug-likeness (QED) is 0.894. The highest BCUT2D eigenvalue weighted by Gasteiger charge is 2.26. The van der Waals surface area contributed by atoms with Crippen molar-refractivity contribution < 1.29 is 0 Å². The van der Waals surface area contributed by atoms with Crippen molar-refractivity contribution in [2.75, 3.05) is 5.73 Å². The molecule has 0 atom stereocenters. The van der Waals surface area contributed by atoms with Crippen molar-refractivity contribution in [3.63, 3.8) is 0 Å². The molecule has 2 aromatic rings. The van der Waals surface area contributed by atoms with Crippen molar-refractivity contribution >= 4 is 5.82 Å². The van der Waals surface area contributed by atoms with Gasteiger partial charge in [-0.1, -0.05) is 6.92 Å². The summed E-state index contributed by atoms with van der Waals surface area (Å²) in [5.74, 6) is 2.29. The molecule has 5 nitrogen and oxygen atoms in total. The Kier molecular flexibility index (Phi) is 2.74. The van der Waals surface area contributed by atoms with Gasteiger partial charge in [0.1, 0.15) is 17.8 Å². The molecule has 2 heterocycles. The first-order chi connectivity index (χ1) is 8.72. The van der Waals surface area contributed by atoms with E-state index in [4.69, 9.17) is 5.73 Å². The van der Waals surface area contributed by atoms with Crippen LogP contribution in [-0.2, 0) is 6.54 Å². The van der Waals surface area contributed by atoms with Gasteiger partial charge in [-0.3, -0.25) is 0 Å². The van der Waals surface area contributed by atoms with E-state index in [9.17, 15) is 0 Å². The Morgan fingerprint density at radius 1 is 1.39 bits per heavy atom. The predicted octanol–water partition coefficient (Wildman–Crippen LogP) is 1.97. The van der Waals surface area contributed by atoms with Gasteiger partial charge in [0.25, 0.3) is 0 Å². The zero-order valence-corrected chi connectivity index (χ0v) is 10.5. The maximum atomic E-state index is 6.00. The van der Waals surface area contributed by atoms with Gasteiger partial charge in [0.05, 0.1) is 5.69 Å². The van der Waals surface area contributed by atoms with Gasteiger partial charge in [-0.2, -0.15) is 5.10 Å². The fourth-order valence-corrected chi connectivity index (χ4v) is 2.61. The highest BCUT2D eigenvalue weighted by Crippen LogP contribution is 2.34. The van der Waals surface area contributed by atoms with Gasteiger partial charge in [-0.25, -0.2) is 14.6 Å². The average molecular weight is 243 g/mol. The minimum absolute atomic E-state index is 0.711. The van der Waals surface area contributed by atoms with Crippen molar-refractivity contribution in [2.24, 2.45) is 11.8 Å². The molecule has 18 heavy (non-hydrogen) atoms. The van der Waals surface area contributed by atoms with Gasteiger partial charge in [-0.15, -0.1) is 0 Å². The second kappa shape index (κ2) is 4.40. The first kappa shape index (κ1) is 11.2. The number of anilines is 1. The van der Waals surface area contributed by atoms with E-state index in [1.807, 2.05) is 16.8 Å². The second-order valence-electron chi connectivity index (χ2n) is 5.17. The predicted molar refractivity (Wildman–Crippen MR) is 69.6 cm³/mol. The third-order valence-electron chi connectivity index (χ3n) is 3.56. The Bertz CT molecular complexity index is 528. The summed E-state index contributed by atoms with van der Waals surface area (Å²) < 4.78 is 1.90. The zero-order valence-electron chi connectivity index (χ0n) is 10.5. The van der Waals surface area contributed by atoms with Crippen LogP contribution in [0.2, 0.25) is 0 Å². The van der Waals surface area contributed by atoms with Crippen molar-refractivity contribution in [1.82, 2.24) is 19.7 Å². The molecule has 0 spiro atoms. The third-order valence-corrected chi connectivity index (χ3v) is 3.56. The van der Waals surface area contributed by atoms with E-state index in [-0.39, 0.29) is 0 Å². The van der Waals surface area contributed by atoms with E-state index >= 15 is 0 Å². The summed E-state index contributed by atoms with van der Waals surface area (Å²) >= 11 is 0. The normalized spacial score (nSPS) is 22.7. The molecule has 0 bridgehead atoms. The standard InChI is InChI=1S/C13H17N5/c1-9-4-10(5-9)7-18-13(14)6-12(17-18)11-2-3-15-8-16-11/h2-3,6,8-10H,4-5,7,14H2,1H3. The van der Waals surface area contributed by atoms with E-state index in [1.165, 1.54) is 19.2 Å². The molecule has 0 unspecified atom stereocenters. The lowest BCUT2D eigenvalue weighted by molar-refractivity contribution is 0.183. The molecule has 1 saturated carbocycles. The summed E-state index contributed by atoms with van der Waals surface area (Å²) in [4.78, 5) is 8.09. The fraction of sp³-hybridized carbons (Fsp3) is 0.462. The SMILES string of the molecule is CC1CC(Cn2nc(-c3ccncn3)cc2N)C1. The smallest absolute Gasteiger partial charge is 0.122 e. The van der Waals surface area contributed by atoms with E-state index in [1.54, 1.807) is 6.20 Å². The van der Waals surface area contributed by atoms with Crippen LogP contribution in [-0.4, -0.2) is 19.7 Å². The Labute approximate surface area is 106 Å². The Hall–Kier alpha value is -1.91. The summed E-state index contributed by atoms with van der Waals surface area (Å²) in [6.07, 6.45) is 5.80. The topological polar surface area (TPSA) is 69.6 Å². The van der Waals surface area contributed by atoms with Crippen molar-refractivity contribution in [3.8, 4) is 11.4 Å². The summed E-state index contributed by atoms with van der Waals surface area (Å²) in [5.41, 5.74) is 7.64. The highest BCUT2D eigenvalue weighted by molar-refractivity contribution is 5.57. The van der Waals surface area contributed by atoms with Crippen LogP contribution < -0.4 is 5.73 Å². The lowest BCUT2D eigenvalue weighted by atomic mass is 9.76. The monoisotopic (exact) mass is 243 g/mol. The van der Waals surface area contributed by atoms with Crippen LogP contribution in [0.5, 0.6) is 0 Å². The number of nitrogen functional groups attached to an aromatic ring is 1. The molecule has 0 aliphatic heterocycles. The van der Waals surface area contributed by atoms with Crippen LogP contribution in [0, 0.1) is 11.8 Å². The zero-order chi connectivity index (χ0) is 12.5. The first-order valence-electron chi connectivity index (χ1n) is 6.32. The van der Waals surface area contributed by atoms with Gasteiger partial charge < -0.3 is 5.73 Å². The number of aromatic nitrogens is 4. The third kappa shape index (κ3) is 2.08. The van der Waals surface area contributed by atoms with Crippen molar-refractivity contribution in [2.45, 2.75) is 26.3 Å². The minimum atomic E-state index is 0.711. The summed E-state index contributed by atoms with van der Waals surface area (Å²) in [7, 11) is 0. The molecule has 0 saturated heterocycles. The van der Waals surface area contributed by atoms with Crippen LogP contribution in [0.25, 0.3) is 11.4 Å². The Balaban J connectivity index is 1.78. The number of rotatable bonds is 3. The minimum Gasteiger partial charge on any atom is -0.384 e. The molecule has 94 valence electrons. The van der Waals surface area contributed by atoms with E-state index in [0.29, 0.717) is 5.82 Å². The number of hydrogen-bond acceptors (Lipinski definition) is 4. The van der Waals surface area contributed by atoms with E-state index in [2.05, 4.69) is 22.0 Å². The molecule has 1 aliphatic carbocycles. The summed E-state index contributed by atoms with van der Waals surface area (Å²) in [6, 6.07) is 3.72. The van der Waals surface area contributed by atoms with Gasteiger partial charge in [-0.05, 0) is 30.7 Å². The average Bonchev–Trinajstić information content (AvgIpc) is 2.70. The molecule has 2 aromatic heterocycles. The van der Waals surface area contributed by atoms with Crippen LogP contribution in [0.3, 0.4) is 0 Å². The van der Waals surface area contributed by atoms with Gasteiger partial charge in [0, 0.05) is 18.8 Å². The van der Waals surface area contributed by atoms with Crippen LogP contribution in [0.1, 0.15) is 19.8 Å². The largest absolute Gasteiger partial charge is 0.384 e. The van der Waals surface area contributed by atoms with E-state index < -0.39 is 0 Å². The van der Waals surface area contributed by atoms with Crippen molar-refractivity contribution in [3.05, 3.63) is 24.7 Å². The molecule has 2 N–H and O–H groups in total. The lowest BCUT2D eigenvalue weighted by Crippen LogP contribution is -2.26. The molecular weight excluding hydrogens is 226 g/mol. The molecular formula is C13H17N5. The molecule has 3 rings (SSSR count). The molecule has 1 aliphatic rings. The Morgan fingerprint density at radius 2 is 2.22 bits per heavy atom. The molecule has 1 fully saturated rings. The highest BCUT2D eigenvalue weighted by atomic mass is 15.3. The molecule has 0 amide bonds. The van der Waals surface area contributed by atoms with Gasteiger partial charge in [0.15, 0.2) is 0 Å². The number of hydrogen-bond donors (Lipinski definition) is 1. The number of nitrogens with two attached hydrogens (primary N) is 1.